The number of pyridine rings is 1. The van der Waals surface area contributed by atoms with E-state index in [0.29, 0.717) is 17.0 Å². The largest absolute Gasteiger partial charge is 0.346 e. The Kier molecular flexibility index (Phi) is 4.24. The van der Waals surface area contributed by atoms with E-state index in [0.717, 1.165) is 21.7 Å². The molecule has 3 nitrogen and oxygen atoms in total. The van der Waals surface area contributed by atoms with Crippen molar-refractivity contribution in [1.82, 2.24) is 15.0 Å². The van der Waals surface area contributed by atoms with Crippen molar-refractivity contribution in [2.24, 2.45) is 0 Å². The lowest BCUT2D eigenvalue weighted by Crippen LogP contribution is -2.04. The zero-order valence-corrected chi connectivity index (χ0v) is 12.7. The fourth-order valence-corrected chi connectivity index (χ4v) is 2.55. The van der Waals surface area contributed by atoms with E-state index in [-0.39, 0.29) is 0 Å². The Hall–Kier alpha value is -1.07. The summed E-state index contributed by atoms with van der Waals surface area (Å²) in [6.45, 7) is 4.24. The Labute approximate surface area is 120 Å². The van der Waals surface area contributed by atoms with E-state index < -0.39 is 0 Å². The molecule has 2 aromatic heterocycles. The van der Waals surface area contributed by atoms with Crippen LogP contribution >= 0.6 is 28.1 Å². The maximum absolute atomic E-state index is 5.27. The second kappa shape index (κ2) is 5.71. The van der Waals surface area contributed by atoms with E-state index in [1.165, 1.54) is 0 Å². The van der Waals surface area contributed by atoms with Gasteiger partial charge in [0, 0.05) is 24.0 Å². The Morgan fingerprint density at radius 3 is 2.78 bits per heavy atom. The van der Waals surface area contributed by atoms with Crippen LogP contribution < -0.4 is 0 Å². The minimum Gasteiger partial charge on any atom is -0.346 e. The standard InChI is InChI=1S/C13H14BrN3S/c1-8(2)12-11(14)13(18)17-10(16-12)7-9-5-3-4-6-15-9/h3-6,8H,7H2,1-2H3,(H,16,17,18). The molecule has 2 rings (SSSR count). The number of hydrogen-bond donors (Lipinski definition) is 1. The number of nitrogens with one attached hydrogen (secondary N) is 1. The molecule has 0 aliphatic rings. The van der Waals surface area contributed by atoms with Crippen LogP contribution in [0.3, 0.4) is 0 Å². The average Bonchev–Trinajstić information content (AvgIpc) is 2.34. The van der Waals surface area contributed by atoms with Gasteiger partial charge in [-0.2, -0.15) is 0 Å². The van der Waals surface area contributed by atoms with E-state index in [1.54, 1.807) is 6.20 Å². The Morgan fingerprint density at radius 1 is 1.39 bits per heavy atom. The van der Waals surface area contributed by atoms with Gasteiger partial charge in [-0.1, -0.05) is 32.1 Å². The summed E-state index contributed by atoms with van der Waals surface area (Å²) in [5.74, 6) is 1.22. The SMILES string of the molecule is CC(C)c1[nH]c(Cc2ccccn2)nc(=S)c1Br. The molecule has 94 valence electrons. The number of nitrogens with zero attached hydrogens (tertiary/aromatic N) is 2. The Bertz CT molecular complexity index is 593. The van der Waals surface area contributed by atoms with Gasteiger partial charge >= 0.3 is 0 Å². The fourth-order valence-electron chi connectivity index (χ4n) is 1.68. The molecule has 0 bridgehead atoms. The van der Waals surface area contributed by atoms with Crippen molar-refractivity contribution >= 4 is 28.1 Å². The summed E-state index contributed by atoms with van der Waals surface area (Å²) in [5, 5.41) is 0. The third-order valence-electron chi connectivity index (χ3n) is 2.59. The first-order chi connectivity index (χ1) is 8.58. The third-order valence-corrected chi connectivity index (χ3v) is 3.95. The molecule has 0 aromatic carbocycles. The van der Waals surface area contributed by atoms with Gasteiger partial charge in [-0.25, -0.2) is 4.98 Å². The fraction of sp³-hybridized carbons (Fsp3) is 0.308. The lowest BCUT2D eigenvalue weighted by atomic mass is 10.1. The average molecular weight is 324 g/mol. The number of H-pyrrole nitrogens is 1. The molecule has 0 saturated carbocycles. The highest BCUT2D eigenvalue weighted by atomic mass is 79.9. The van der Waals surface area contributed by atoms with E-state index in [4.69, 9.17) is 12.2 Å². The predicted octanol–water partition coefficient (Wildman–Crippen LogP) is 4.01. The third kappa shape index (κ3) is 3.03. The molecule has 2 heterocycles. The van der Waals surface area contributed by atoms with Crippen LogP contribution in [-0.2, 0) is 6.42 Å². The van der Waals surface area contributed by atoms with Crippen molar-refractivity contribution in [3.05, 3.63) is 50.7 Å². The first kappa shape index (κ1) is 13.4. The monoisotopic (exact) mass is 323 g/mol. The lowest BCUT2D eigenvalue weighted by molar-refractivity contribution is 0.777. The smallest absolute Gasteiger partial charge is 0.144 e. The maximum atomic E-state index is 5.27. The molecule has 18 heavy (non-hydrogen) atoms. The number of hydrogen-bond acceptors (Lipinski definition) is 3. The van der Waals surface area contributed by atoms with Gasteiger partial charge < -0.3 is 4.98 Å². The van der Waals surface area contributed by atoms with Crippen molar-refractivity contribution in [3.63, 3.8) is 0 Å². The molecule has 5 heteroatoms. The van der Waals surface area contributed by atoms with Crippen LogP contribution in [0.5, 0.6) is 0 Å². The van der Waals surface area contributed by atoms with Crippen LogP contribution in [0.1, 0.15) is 37.0 Å². The highest BCUT2D eigenvalue weighted by molar-refractivity contribution is 9.10. The van der Waals surface area contributed by atoms with E-state index in [2.05, 4.69) is 44.7 Å². The quantitative estimate of drug-likeness (QED) is 0.867. The Balaban J connectivity index is 2.38. The van der Waals surface area contributed by atoms with Crippen molar-refractivity contribution < 1.29 is 0 Å². The van der Waals surface area contributed by atoms with E-state index in [1.807, 2.05) is 18.2 Å². The second-order valence-electron chi connectivity index (χ2n) is 4.37. The van der Waals surface area contributed by atoms with Gasteiger partial charge in [-0.05, 0) is 34.0 Å². The van der Waals surface area contributed by atoms with Crippen molar-refractivity contribution in [2.75, 3.05) is 0 Å². The van der Waals surface area contributed by atoms with Gasteiger partial charge in [0.25, 0.3) is 0 Å². The van der Waals surface area contributed by atoms with Crippen LogP contribution in [0, 0.1) is 4.64 Å². The molecule has 0 spiro atoms. The van der Waals surface area contributed by atoms with Crippen LogP contribution in [0.25, 0.3) is 0 Å². The summed E-state index contributed by atoms with van der Waals surface area (Å²) < 4.78 is 1.49. The summed E-state index contributed by atoms with van der Waals surface area (Å²) >= 11 is 8.75. The molecule has 0 amide bonds. The Morgan fingerprint density at radius 2 is 2.17 bits per heavy atom. The zero-order valence-electron chi connectivity index (χ0n) is 10.3. The van der Waals surface area contributed by atoms with Gasteiger partial charge in [0.05, 0.1) is 4.47 Å². The van der Waals surface area contributed by atoms with Gasteiger partial charge in [-0.15, -0.1) is 0 Å². The minimum atomic E-state index is 0.367. The van der Waals surface area contributed by atoms with Gasteiger partial charge in [-0.3, -0.25) is 4.98 Å². The van der Waals surface area contributed by atoms with E-state index in [9.17, 15) is 0 Å². The minimum absolute atomic E-state index is 0.367. The molecule has 1 N–H and O–H groups in total. The highest BCUT2D eigenvalue weighted by Gasteiger charge is 2.10. The number of rotatable bonds is 3. The molecule has 0 saturated heterocycles. The van der Waals surface area contributed by atoms with E-state index >= 15 is 0 Å². The first-order valence-electron chi connectivity index (χ1n) is 5.76. The van der Waals surface area contributed by atoms with Gasteiger partial charge in [0.1, 0.15) is 10.5 Å². The molecule has 0 atom stereocenters. The van der Waals surface area contributed by atoms with Gasteiger partial charge in [0.15, 0.2) is 0 Å². The summed E-state index contributed by atoms with van der Waals surface area (Å²) in [6.07, 6.45) is 2.45. The van der Waals surface area contributed by atoms with Crippen molar-refractivity contribution in [3.8, 4) is 0 Å². The van der Waals surface area contributed by atoms with Crippen LogP contribution in [0.4, 0.5) is 0 Å². The molecule has 0 aliphatic carbocycles. The second-order valence-corrected chi connectivity index (χ2v) is 5.55. The highest BCUT2D eigenvalue weighted by Crippen LogP contribution is 2.23. The molecule has 0 fully saturated rings. The van der Waals surface area contributed by atoms with Crippen LogP contribution in [-0.4, -0.2) is 15.0 Å². The lowest BCUT2D eigenvalue weighted by Gasteiger charge is -2.11. The number of aromatic amines is 1. The summed E-state index contributed by atoms with van der Waals surface area (Å²) in [4.78, 5) is 12.0. The van der Waals surface area contributed by atoms with Crippen LogP contribution in [0.2, 0.25) is 0 Å². The molecule has 0 radical (unpaired) electrons. The van der Waals surface area contributed by atoms with Gasteiger partial charge in [0.2, 0.25) is 0 Å². The topological polar surface area (TPSA) is 41.6 Å². The zero-order chi connectivity index (χ0) is 13.1. The predicted molar refractivity (Wildman–Crippen MR) is 78.3 cm³/mol. The van der Waals surface area contributed by atoms with Crippen molar-refractivity contribution in [2.45, 2.75) is 26.2 Å². The maximum Gasteiger partial charge on any atom is 0.144 e. The summed E-state index contributed by atoms with van der Waals surface area (Å²) in [7, 11) is 0. The first-order valence-corrected chi connectivity index (χ1v) is 6.96. The number of halogens is 1. The molecular weight excluding hydrogens is 310 g/mol. The summed E-state index contributed by atoms with van der Waals surface area (Å²) in [5.41, 5.74) is 2.06. The normalized spacial score (nSPS) is 10.9. The van der Waals surface area contributed by atoms with Crippen LogP contribution in [0.15, 0.2) is 28.9 Å². The molecular formula is C13H14BrN3S. The molecule has 0 unspecified atom stereocenters. The number of aromatic nitrogens is 3. The van der Waals surface area contributed by atoms with Crippen molar-refractivity contribution in [1.29, 1.82) is 0 Å². The summed E-state index contributed by atoms with van der Waals surface area (Å²) in [6, 6.07) is 5.86. The molecule has 2 aromatic rings. The molecule has 0 aliphatic heterocycles.